The predicted octanol–water partition coefficient (Wildman–Crippen LogP) is 18.5. The van der Waals surface area contributed by atoms with Crippen LogP contribution >= 0.6 is 0 Å². The van der Waals surface area contributed by atoms with Crippen LogP contribution < -0.4 is 0 Å². The van der Waals surface area contributed by atoms with Crippen molar-refractivity contribution in [3.63, 3.8) is 0 Å². The maximum absolute atomic E-state index is 12.8. The molecular weight excluding hydrogens is 829 g/mol. The maximum Gasteiger partial charge on any atom is 0.306 e. The van der Waals surface area contributed by atoms with E-state index in [4.69, 9.17) is 14.2 Å². The summed E-state index contributed by atoms with van der Waals surface area (Å²) in [7, 11) is 0. The second kappa shape index (κ2) is 54.9. The molecule has 0 aromatic rings. The van der Waals surface area contributed by atoms with Gasteiger partial charge in [0.1, 0.15) is 13.2 Å². The number of allylic oxidation sites excluding steroid dienone is 16. The molecule has 67 heavy (non-hydrogen) atoms. The van der Waals surface area contributed by atoms with Gasteiger partial charge in [-0.05, 0) is 96.3 Å². The molecule has 1 atom stereocenters. The average molecular weight is 931 g/mol. The minimum absolute atomic E-state index is 0.0831. The van der Waals surface area contributed by atoms with Gasteiger partial charge in [-0.15, -0.1) is 0 Å². The summed E-state index contributed by atoms with van der Waals surface area (Å²) in [6.45, 7) is 6.36. The topological polar surface area (TPSA) is 78.9 Å². The largest absolute Gasteiger partial charge is 0.462 e. The van der Waals surface area contributed by atoms with Gasteiger partial charge in [-0.1, -0.05) is 234 Å². The number of carbonyl (C=O) groups is 3. The van der Waals surface area contributed by atoms with E-state index in [1.54, 1.807) is 0 Å². The Hall–Kier alpha value is -3.67. The third kappa shape index (κ3) is 53.2. The molecule has 1 unspecified atom stereocenters. The van der Waals surface area contributed by atoms with Crippen LogP contribution in [0, 0.1) is 0 Å². The van der Waals surface area contributed by atoms with Crippen LogP contribution in [0.5, 0.6) is 0 Å². The van der Waals surface area contributed by atoms with Crippen molar-refractivity contribution in [2.75, 3.05) is 13.2 Å². The summed E-state index contributed by atoms with van der Waals surface area (Å²) in [5.74, 6) is -0.905. The van der Waals surface area contributed by atoms with Crippen molar-refractivity contribution < 1.29 is 28.6 Å². The van der Waals surface area contributed by atoms with E-state index in [0.29, 0.717) is 19.3 Å². The van der Waals surface area contributed by atoms with Crippen molar-refractivity contribution in [2.24, 2.45) is 0 Å². The first kappa shape index (κ1) is 63.3. The zero-order valence-electron chi connectivity index (χ0n) is 43.6. The highest BCUT2D eigenvalue weighted by Gasteiger charge is 2.19. The molecule has 0 saturated carbocycles. The highest BCUT2D eigenvalue weighted by Crippen LogP contribution is 2.15. The standard InChI is InChI=1S/C61H102O6/c1-4-7-10-13-16-18-20-22-24-26-27-28-29-30-31-32-33-35-36-38-40-42-45-48-51-54-60(63)66-57-58(56-65-59(62)53-50-47-44-15-12-9-6-3)67-61(64)55-52-49-46-43-41-39-37-34-25-23-21-19-17-14-11-8-5-2/h7-8,10-11,16-19,22-25,27-28,30-31,58H,4-6,9,12-15,20-21,26,29,32-57H2,1-3H3/b10-7-,11-8-,18-16-,19-17-,24-22-,25-23-,28-27-,31-30-. The molecule has 0 aliphatic heterocycles. The van der Waals surface area contributed by atoms with Gasteiger partial charge in [-0.25, -0.2) is 0 Å². The van der Waals surface area contributed by atoms with Crippen LogP contribution in [0.3, 0.4) is 0 Å². The molecule has 0 fully saturated rings. The molecule has 0 aromatic heterocycles. The Morgan fingerprint density at radius 3 is 0.910 bits per heavy atom. The van der Waals surface area contributed by atoms with E-state index in [-0.39, 0.29) is 31.1 Å². The summed E-state index contributed by atoms with van der Waals surface area (Å²) >= 11 is 0. The highest BCUT2D eigenvalue weighted by atomic mass is 16.6. The van der Waals surface area contributed by atoms with Crippen LogP contribution in [0.25, 0.3) is 0 Å². The van der Waals surface area contributed by atoms with Crippen molar-refractivity contribution in [3.8, 4) is 0 Å². The van der Waals surface area contributed by atoms with E-state index in [1.807, 2.05) is 0 Å². The fourth-order valence-corrected chi connectivity index (χ4v) is 7.48. The number of unbranched alkanes of at least 4 members (excludes halogenated alkanes) is 22. The number of carbonyl (C=O) groups excluding carboxylic acids is 3. The van der Waals surface area contributed by atoms with Gasteiger partial charge in [0.2, 0.25) is 0 Å². The molecule has 0 aliphatic carbocycles. The van der Waals surface area contributed by atoms with Gasteiger partial charge in [0, 0.05) is 19.3 Å². The normalized spacial score (nSPS) is 12.8. The molecule has 0 aliphatic rings. The summed E-state index contributed by atoms with van der Waals surface area (Å²) < 4.78 is 16.8. The summed E-state index contributed by atoms with van der Waals surface area (Å²) in [6.07, 6.45) is 72.7. The molecular formula is C61H102O6. The van der Waals surface area contributed by atoms with Gasteiger partial charge in [0.05, 0.1) is 0 Å². The fraction of sp³-hybridized carbons (Fsp3) is 0.689. The number of hydrogen-bond donors (Lipinski definition) is 0. The Bertz CT molecular complexity index is 1350. The predicted molar refractivity (Wildman–Crippen MR) is 288 cm³/mol. The SMILES string of the molecule is CC/C=C\C/C=C\C/C=C\C/C=C\C/C=C\CCCCCCCCCCCC(=O)OCC(COC(=O)CCCCCCCCC)OC(=O)CCCCCCCCC/C=C\C/C=C\C/C=C\CC. The zero-order valence-corrected chi connectivity index (χ0v) is 43.6. The number of rotatable bonds is 49. The van der Waals surface area contributed by atoms with Gasteiger partial charge in [-0.2, -0.15) is 0 Å². The minimum Gasteiger partial charge on any atom is -0.462 e. The van der Waals surface area contributed by atoms with Crippen LogP contribution in [0.1, 0.15) is 252 Å². The Morgan fingerprint density at radius 1 is 0.313 bits per heavy atom. The van der Waals surface area contributed by atoms with Crippen molar-refractivity contribution in [3.05, 3.63) is 97.2 Å². The lowest BCUT2D eigenvalue weighted by Gasteiger charge is -2.18. The third-order valence-electron chi connectivity index (χ3n) is 11.6. The lowest BCUT2D eigenvalue weighted by atomic mass is 10.1. The van der Waals surface area contributed by atoms with Crippen LogP contribution in [0.2, 0.25) is 0 Å². The number of ether oxygens (including phenoxy) is 3. The van der Waals surface area contributed by atoms with E-state index >= 15 is 0 Å². The smallest absolute Gasteiger partial charge is 0.306 e. The second-order valence-electron chi connectivity index (χ2n) is 18.1. The first-order valence-electron chi connectivity index (χ1n) is 27.7. The van der Waals surface area contributed by atoms with E-state index in [2.05, 4.69) is 118 Å². The summed E-state index contributed by atoms with van der Waals surface area (Å²) in [5, 5.41) is 0. The van der Waals surface area contributed by atoms with Crippen molar-refractivity contribution in [1.29, 1.82) is 0 Å². The number of hydrogen-bond acceptors (Lipinski definition) is 6. The van der Waals surface area contributed by atoms with Gasteiger partial charge in [-0.3, -0.25) is 14.4 Å². The second-order valence-corrected chi connectivity index (χ2v) is 18.1. The minimum atomic E-state index is -0.783. The Morgan fingerprint density at radius 2 is 0.582 bits per heavy atom. The van der Waals surface area contributed by atoms with E-state index in [9.17, 15) is 14.4 Å². The van der Waals surface area contributed by atoms with Gasteiger partial charge < -0.3 is 14.2 Å². The van der Waals surface area contributed by atoms with Crippen LogP contribution in [0.15, 0.2) is 97.2 Å². The summed E-state index contributed by atoms with van der Waals surface area (Å²) in [5.41, 5.74) is 0. The summed E-state index contributed by atoms with van der Waals surface area (Å²) in [4.78, 5) is 37.9. The van der Waals surface area contributed by atoms with Gasteiger partial charge >= 0.3 is 17.9 Å². The van der Waals surface area contributed by atoms with Gasteiger partial charge in [0.25, 0.3) is 0 Å². The van der Waals surface area contributed by atoms with Crippen LogP contribution in [-0.2, 0) is 28.6 Å². The van der Waals surface area contributed by atoms with Crippen LogP contribution in [0.4, 0.5) is 0 Å². The average Bonchev–Trinajstić information content (AvgIpc) is 3.33. The quantitative estimate of drug-likeness (QED) is 0.0262. The molecule has 0 radical (unpaired) electrons. The third-order valence-corrected chi connectivity index (χ3v) is 11.6. The molecule has 0 aromatic carbocycles. The molecule has 0 spiro atoms. The first-order valence-corrected chi connectivity index (χ1v) is 27.7. The molecule has 0 amide bonds. The van der Waals surface area contributed by atoms with E-state index < -0.39 is 6.10 Å². The first-order chi connectivity index (χ1) is 33.0. The molecule has 0 saturated heterocycles. The Kier molecular flexibility index (Phi) is 51.9. The molecule has 6 nitrogen and oxygen atoms in total. The molecule has 0 N–H and O–H groups in total. The number of esters is 3. The lowest BCUT2D eigenvalue weighted by molar-refractivity contribution is -0.167. The van der Waals surface area contributed by atoms with Gasteiger partial charge in [0.15, 0.2) is 6.10 Å². The van der Waals surface area contributed by atoms with Crippen molar-refractivity contribution >= 4 is 17.9 Å². The molecule has 0 rings (SSSR count). The van der Waals surface area contributed by atoms with E-state index in [1.165, 1.54) is 89.9 Å². The Labute approximate surface area is 413 Å². The molecule has 6 heteroatoms. The zero-order chi connectivity index (χ0) is 48.6. The monoisotopic (exact) mass is 931 g/mol. The fourth-order valence-electron chi connectivity index (χ4n) is 7.48. The molecule has 0 bridgehead atoms. The van der Waals surface area contributed by atoms with Crippen molar-refractivity contribution in [2.45, 2.75) is 258 Å². The highest BCUT2D eigenvalue weighted by molar-refractivity contribution is 5.71. The molecule has 382 valence electrons. The maximum atomic E-state index is 12.8. The van der Waals surface area contributed by atoms with E-state index in [0.717, 1.165) is 122 Å². The Balaban J connectivity index is 4.22. The summed E-state index contributed by atoms with van der Waals surface area (Å²) in [6, 6.07) is 0. The van der Waals surface area contributed by atoms with Crippen molar-refractivity contribution in [1.82, 2.24) is 0 Å². The molecule has 0 heterocycles. The lowest BCUT2D eigenvalue weighted by Crippen LogP contribution is -2.30. The van der Waals surface area contributed by atoms with Crippen LogP contribution in [-0.4, -0.2) is 37.2 Å².